The minimum Gasteiger partial charge on any atom is -0.465 e. The van der Waals surface area contributed by atoms with Gasteiger partial charge in [-0.3, -0.25) is 0 Å². The third-order valence-corrected chi connectivity index (χ3v) is 2.89. The minimum atomic E-state index is -0.414. The van der Waals surface area contributed by atoms with E-state index in [-0.39, 0.29) is 5.17 Å². The van der Waals surface area contributed by atoms with Crippen molar-refractivity contribution in [1.82, 2.24) is 0 Å². The predicted molar refractivity (Wildman–Crippen MR) is 64.7 cm³/mol. The van der Waals surface area contributed by atoms with Gasteiger partial charge in [0.25, 0.3) is 0 Å². The van der Waals surface area contributed by atoms with Crippen LogP contribution in [0.3, 0.4) is 0 Å². The van der Waals surface area contributed by atoms with Gasteiger partial charge in [-0.2, -0.15) is 0 Å². The molecule has 80 valence electrons. The number of nitrogens with zero attached hydrogens (tertiary/aromatic N) is 1. The van der Waals surface area contributed by atoms with Crippen molar-refractivity contribution in [2.45, 2.75) is 0 Å². The number of benzene rings is 1. The Morgan fingerprint density at radius 2 is 2.27 bits per heavy atom. The van der Waals surface area contributed by atoms with Crippen LogP contribution in [0.2, 0.25) is 0 Å². The quantitative estimate of drug-likeness (QED) is 0.296. The molecule has 1 aromatic rings. The molecule has 0 amide bonds. The Morgan fingerprint density at radius 1 is 1.60 bits per heavy atom. The summed E-state index contributed by atoms with van der Waals surface area (Å²) in [4.78, 5) is 11.2. The maximum atomic E-state index is 11.2. The average molecular weight is 340 g/mol. The zero-order valence-corrected chi connectivity index (χ0v) is 10.6. The molecule has 0 bridgehead atoms. The number of hydrogen-bond acceptors (Lipinski definition) is 4. The standard InChI is InChI=1S/C9H7ClINO3/c1-15-9(13)6-3-2-5(4-7(6)11)8(10)12-14/h2-4,14H,1H3/b12-8+. The van der Waals surface area contributed by atoms with Crippen LogP contribution in [0.5, 0.6) is 0 Å². The lowest BCUT2D eigenvalue weighted by molar-refractivity contribution is 0.0599. The monoisotopic (exact) mass is 339 g/mol. The van der Waals surface area contributed by atoms with Crippen molar-refractivity contribution in [2.75, 3.05) is 7.11 Å². The van der Waals surface area contributed by atoms with Crippen molar-refractivity contribution in [1.29, 1.82) is 0 Å². The molecule has 1 N–H and O–H groups in total. The first kappa shape index (κ1) is 12.3. The predicted octanol–water partition coefficient (Wildman–Crippen LogP) is 2.45. The van der Waals surface area contributed by atoms with Gasteiger partial charge in [-0.25, -0.2) is 4.79 Å². The van der Waals surface area contributed by atoms with Crippen LogP contribution < -0.4 is 0 Å². The second-order valence-corrected chi connectivity index (χ2v) is 4.10. The van der Waals surface area contributed by atoms with Gasteiger partial charge in [0.15, 0.2) is 5.17 Å². The molecule has 1 rings (SSSR count). The zero-order valence-electron chi connectivity index (χ0n) is 7.70. The van der Waals surface area contributed by atoms with E-state index in [0.29, 0.717) is 14.7 Å². The second-order valence-electron chi connectivity index (χ2n) is 2.58. The van der Waals surface area contributed by atoms with E-state index in [1.54, 1.807) is 18.2 Å². The van der Waals surface area contributed by atoms with Gasteiger partial charge in [0.1, 0.15) is 0 Å². The van der Waals surface area contributed by atoms with E-state index in [1.807, 2.05) is 22.6 Å². The largest absolute Gasteiger partial charge is 0.465 e. The third kappa shape index (κ3) is 2.82. The van der Waals surface area contributed by atoms with Crippen molar-refractivity contribution < 1.29 is 14.7 Å². The number of carbonyl (C=O) groups is 1. The fourth-order valence-electron chi connectivity index (χ4n) is 0.977. The molecule has 0 aromatic heterocycles. The van der Waals surface area contributed by atoms with Gasteiger partial charge < -0.3 is 9.94 Å². The highest BCUT2D eigenvalue weighted by atomic mass is 127. The topological polar surface area (TPSA) is 58.9 Å². The van der Waals surface area contributed by atoms with Crippen LogP contribution in [-0.4, -0.2) is 23.5 Å². The summed E-state index contributed by atoms with van der Waals surface area (Å²) >= 11 is 7.59. The van der Waals surface area contributed by atoms with Crippen molar-refractivity contribution in [3.05, 3.63) is 32.9 Å². The summed E-state index contributed by atoms with van der Waals surface area (Å²) in [6.07, 6.45) is 0. The number of halogens is 2. The van der Waals surface area contributed by atoms with E-state index < -0.39 is 5.97 Å². The SMILES string of the molecule is COC(=O)c1ccc(/C(Cl)=N\O)cc1I. The van der Waals surface area contributed by atoms with E-state index >= 15 is 0 Å². The number of oxime groups is 1. The fraction of sp³-hybridized carbons (Fsp3) is 0.111. The van der Waals surface area contributed by atoms with E-state index in [0.717, 1.165) is 0 Å². The highest BCUT2D eigenvalue weighted by Crippen LogP contribution is 2.17. The maximum absolute atomic E-state index is 11.2. The normalized spacial score (nSPS) is 11.3. The van der Waals surface area contributed by atoms with Crippen LogP contribution in [-0.2, 0) is 4.74 Å². The second kappa shape index (κ2) is 5.32. The maximum Gasteiger partial charge on any atom is 0.338 e. The number of carbonyl (C=O) groups excluding carboxylic acids is 1. The van der Waals surface area contributed by atoms with E-state index in [4.69, 9.17) is 16.8 Å². The molecule has 0 atom stereocenters. The van der Waals surface area contributed by atoms with Gasteiger partial charge in [0.05, 0.1) is 12.7 Å². The van der Waals surface area contributed by atoms with E-state index in [9.17, 15) is 4.79 Å². The lowest BCUT2D eigenvalue weighted by atomic mass is 10.1. The summed E-state index contributed by atoms with van der Waals surface area (Å²) in [5.41, 5.74) is 0.987. The molecule has 0 saturated heterocycles. The van der Waals surface area contributed by atoms with Crippen LogP contribution in [0.4, 0.5) is 0 Å². The average Bonchev–Trinajstić information content (AvgIpc) is 2.26. The summed E-state index contributed by atoms with van der Waals surface area (Å²) < 4.78 is 5.27. The van der Waals surface area contributed by atoms with Crippen LogP contribution in [0, 0.1) is 3.57 Å². The molecular weight excluding hydrogens is 332 g/mol. The molecule has 6 heteroatoms. The Bertz CT molecular complexity index is 420. The molecule has 15 heavy (non-hydrogen) atoms. The van der Waals surface area contributed by atoms with Gasteiger partial charge in [0.2, 0.25) is 0 Å². The lowest BCUT2D eigenvalue weighted by Crippen LogP contribution is -2.05. The first-order valence-corrected chi connectivity index (χ1v) is 5.31. The van der Waals surface area contributed by atoms with Crippen molar-refractivity contribution in [2.24, 2.45) is 5.16 Å². The minimum absolute atomic E-state index is 0.0238. The van der Waals surface area contributed by atoms with Gasteiger partial charge in [-0.05, 0) is 34.7 Å². The van der Waals surface area contributed by atoms with Crippen molar-refractivity contribution >= 4 is 45.3 Å². The van der Waals surface area contributed by atoms with Crippen LogP contribution >= 0.6 is 34.2 Å². The van der Waals surface area contributed by atoms with Gasteiger partial charge in [-0.15, -0.1) is 0 Å². The third-order valence-electron chi connectivity index (χ3n) is 1.70. The Morgan fingerprint density at radius 3 is 2.73 bits per heavy atom. The molecule has 0 saturated carbocycles. The molecule has 0 aliphatic rings. The van der Waals surface area contributed by atoms with E-state index in [1.165, 1.54) is 7.11 Å². The number of rotatable bonds is 2. The molecule has 1 aromatic carbocycles. The molecule has 0 fully saturated rings. The first-order valence-electron chi connectivity index (χ1n) is 3.86. The molecule has 0 spiro atoms. The zero-order chi connectivity index (χ0) is 11.4. The molecule has 0 radical (unpaired) electrons. The number of ether oxygens (including phenoxy) is 1. The summed E-state index contributed by atoms with van der Waals surface area (Å²) in [6.45, 7) is 0. The molecule has 0 unspecified atom stereocenters. The number of hydrogen-bond donors (Lipinski definition) is 1. The van der Waals surface area contributed by atoms with Crippen molar-refractivity contribution in [3.63, 3.8) is 0 Å². The van der Waals surface area contributed by atoms with Crippen LogP contribution in [0.25, 0.3) is 0 Å². The first-order chi connectivity index (χ1) is 7.10. The van der Waals surface area contributed by atoms with Crippen molar-refractivity contribution in [3.8, 4) is 0 Å². The lowest BCUT2D eigenvalue weighted by Gasteiger charge is -2.03. The molecule has 0 aliphatic heterocycles. The summed E-state index contributed by atoms with van der Waals surface area (Å²) in [5, 5.41) is 11.3. The number of esters is 1. The number of methoxy groups -OCH3 is 1. The summed E-state index contributed by atoms with van der Waals surface area (Å²) in [7, 11) is 1.31. The molecular formula is C9H7ClINO3. The van der Waals surface area contributed by atoms with Crippen LogP contribution in [0.15, 0.2) is 23.4 Å². The summed E-state index contributed by atoms with van der Waals surface area (Å²) in [5.74, 6) is -0.414. The fourth-order valence-corrected chi connectivity index (χ4v) is 1.83. The highest BCUT2D eigenvalue weighted by Gasteiger charge is 2.11. The Labute approximate surface area is 105 Å². The van der Waals surface area contributed by atoms with Gasteiger partial charge in [-0.1, -0.05) is 22.8 Å². The smallest absolute Gasteiger partial charge is 0.338 e. The highest BCUT2D eigenvalue weighted by molar-refractivity contribution is 14.1. The Hall–Kier alpha value is -0.820. The van der Waals surface area contributed by atoms with Crippen LogP contribution in [0.1, 0.15) is 15.9 Å². The Kier molecular flexibility index (Phi) is 4.34. The molecule has 0 heterocycles. The molecule has 0 aliphatic carbocycles. The Balaban J connectivity index is 3.14. The van der Waals surface area contributed by atoms with Gasteiger partial charge in [0, 0.05) is 9.13 Å². The summed E-state index contributed by atoms with van der Waals surface area (Å²) in [6, 6.07) is 4.78. The molecule has 4 nitrogen and oxygen atoms in total. The van der Waals surface area contributed by atoms with E-state index in [2.05, 4.69) is 9.89 Å². The van der Waals surface area contributed by atoms with Gasteiger partial charge >= 0.3 is 5.97 Å².